The van der Waals surface area contributed by atoms with Crippen LogP contribution >= 0.6 is 0 Å². The molecule has 5 heteroatoms. The van der Waals surface area contributed by atoms with Crippen LogP contribution in [0.15, 0.2) is 18.3 Å². The van der Waals surface area contributed by atoms with Crippen LogP contribution in [-0.4, -0.2) is 27.1 Å². The molecular weight excluding hydrogens is 198 g/mol. The van der Waals surface area contributed by atoms with Gasteiger partial charge < -0.3 is 10.2 Å². The molecule has 0 unspecified atom stereocenters. The first kappa shape index (κ1) is 13.1. The largest absolute Gasteiger partial charge is 0.481 e. The molecule has 5 nitrogen and oxygen atoms in total. The Balaban J connectivity index is 0.000000423. The Labute approximate surface area is 87.4 Å². The summed E-state index contributed by atoms with van der Waals surface area (Å²) in [5.74, 6) is -1.74. The monoisotopic (exact) mass is 211 g/mol. The number of aromatic nitrogens is 1. The molecule has 1 aromatic heterocycles. The van der Waals surface area contributed by atoms with Gasteiger partial charge in [-0.2, -0.15) is 0 Å². The quantitative estimate of drug-likeness (QED) is 0.772. The van der Waals surface area contributed by atoms with E-state index in [-0.39, 0.29) is 0 Å². The van der Waals surface area contributed by atoms with E-state index >= 15 is 0 Å². The third kappa shape index (κ3) is 5.41. The fourth-order valence-corrected chi connectivity index (χ4v) is 0.914. The molecule has 0 atom stereocenters. The van der Waals surface area contributed by atoms with Crippen LogP contribution < -0.4 is 0 Å². The van der Waals surface area contributed by atoms with Crippen molar-refractivity contribution < 1.29 is 19.8 Å². The lowest BCUT2D eigenvalue weighted by molar-refractivity contribution is -0.134. The number of aryl methyl sites for hydroxylation is 1. The number of carbonyl (C=O) groups is 2. The number of hydrogen-bond donors (Lipinski definition) is 2. The summed E-state index contributed by atoms with van der Waals surface area (Å²) in [6.45, 7) is 2.97. The summed E-state index contributed by atoms with van der Waals surface area (Å²) in [5.41, 5.74) is 0.940. The lowest BCUT2D eigenvalue weighted by Gasteiger charge is -1.99. The Morgan fingerprint density at radius 1 is 1.40 bits per heavy atom. The van der Waals surface area contributed by atoms with E-state index in [0.29, 0.717) is 17.7 Å². The fourth-order valence-electron chi connectivity index (χ4n) is 0.914. The molecule has 0 bridgehead atoms. The van der Waals surface area contributed by atoms with E-state index in [1.807, 2.05) is 6.92 Å². The molecule has 1 heterocycles. The smallest absolute Gasteiger partial charge is 0.337 e. The van der Waals surface area contributed by atoms with Gasteiger partial charge in [0.25, 0.3) is 5.97 Å². The van der Waals surface area contributed by atoms with Gasteiger partial charge in [-0.05, 0) is 18.6 Å². The molecule has 1 rings (SSSR count). The van der Waals surface area contributed by atoms with Crippen LogP contribution in [0.25, 0.3) is 0 Å². The molecule has 0 aliphatic heterocycles. The zero-order valence-corrected chi connectivity index (χ0v) is 8.60. The van der Waals surface area contributed by atoms with Crippen molar-refractivity contribution in [3.05, 3.63) is 29.6 Å². The number of pyridine rings is 1. The van der Waals surface area contributed by atoms with Gasteiger partial charge in [0, 0.05) is 13.1 Å². The summed E-state index contributed by atoms with van der Waals surface area (Å²) in [5, 5.41) is 16.1. The maximum Gasteiger partial charge on any atom is 0.337 e. The van der Waals surface area contributed by atoms with E-state index in [0.717, 1.165) is 6.92 Å². The summed E-state index contributed by atoms with van der Waals surface area (Å²) in [6, 6.07) is 3.19. The Morgan fingerprint density at radius 2 is 1.93 bits per heavy atom. The van der Waals surface area contributed by atoms with Gasteiger partial charge in [0.2, 0.25) is 0 Å². The maximum absolute atomic E-state index is 10.5. The SMILES string of the molecule is CC(=O)O.CCc1ncccc1C(=O)O. The number of hydrogen-bond acceptors (Lipinski definition) is 3. The van der Waals surface area contributed by atoms with Crippen molar-refractivity contribution in [3.8, 4) is 0 Å². The molecule has 0 aliphatic carbocycles. The van der Waals surface area contributed by atoms with Gasteiger partial charge in [0.05, 0.1) is 11.3 Å². The summed E-state index contributed by atoms with van der Waals surface area (Å²) in [6.07, 6.45) is 2.26. The fraction of sp³-hybridized carbons (Fsp3) is 0.300. The number of carboxylic acid groups (broad SMARTS) is 2. The van der Waals surface area contributed by atoms with Gasteiger partial charge in [-0.25, -0.2) is 4.79 Å². The van der Waals surface area contributed by atoms with Crippen LogP contribution in [0.2, 0.25) is 0 Å². The number of aliphatic carboxylic acids is 1. The normalized spacial score (nSPS) is 8.67. The van der Waals surface area contributed by atoms with Crippen molar-refractivity contribution in [1.82, 2.24) is 4.98 Å². The van der Waals surface area contributed by atoms with Gasteiger partial charge in [0.1, 0.15) is 0 Å². The third-order valence-corrected chi connectivity index (χ3v) is 1.46. The van der Waals surface area contributed by atoms with Crippen molar-refractivity contribution in [1.29, 1.82) is 0 Å². The van der Waals surface area contributed by atoms with Crippen molar-refractivity contribution in [2.45, 2.75) is 20.3 Å². The van der Waals surface area contributed by atoms with E-state index < -0.39 is 11.9 Å². The topological polar surface area (TPSA) is 87.5 Å². The Hall–Kier alpha value is -1.91. The molecular formula is C10H13NO4. The number of aromatic carboxylic acids is 1. The highest BCUT2D eigenvalue weighted by molar-refractivity contribution is 5.88. The molecule has 0 aromatic carbocycles. The molecule has 0 amide bonds. The second kappa shape index (κ2) is 6.53. The lowest BCUT2D eigenvalue weighted by Crippen LogP contribution is -2.02. The second-order valence-corrected chi connectivity index (χ2v) is 2.68. The van der Waals surface area contributed by atoms with Crippen LogP contribution in [0.1, 0.15) is 29.9 Å². The Kier molecular flexibility index (Phi) is 5.70. The van der Waals surface area contributed by atoms with Gasteiger partial charge in [-0.1, -0.05) is 6.92 Å². The lowest BCUT2D eigenvalue weighted by atomic mass is 10.1. The molecule has 15 heavy (non-hydrogen) atoms. The zero-order chi connectivity index (χ0) is 11.8. The molecule has 0 saturated carbocycles. The van der Waals surface area contributed by atoms with Crippen LogP contribution in [-0.2, 0) is 11.2 Å². The minimum Gasteiger partial charge on any atom is -0.481 e. The number of nitrogens with zero attached hydrogens (tertiary/aromatic N) is 1. The van der Waals surface area contributed by atoms with Gasteiger partial charge in [-0.15, -0.1) is 0 Å². The molecule has 0 saturated heterocycles. The van der Waals surface area contributed by atoms with Crippen molar-refractivity contribution in [2.24, 2.45) is 0 Å². The first-order valence-electron chi connectivity index (χ1n) is 4.35. The molecule has 0 fully saturated rings. The second-order valence-electron chi connectivity index (χ2n) is 2.68. The summed E-state index contributed by atoms with van der Waals surface area (Å²) >= 11 is 0. The number of carboxylic acids is 2. The molecule has 1 aromatic rings. The van der Waals surface area contributed by atoms with Crippen LogP contribution in [0.5, 0.6) is 0 Å². The average Bonchev–Trinajstić information content (AvgIpc) is 2.16. The highest BCUT2D eigenvalue weighted by Crippen LogP contribution is 2.04. The molecule has 0 aliphatic rings. The molecule has 0 radical (unpaired) electrons. The van der Waals surface area contributed by atoms with Gasteiger partial charge >= 0.3 is 5.97 Å². The van der Waals surface area contributed by atoms with Crippen LogP contribution in [0.3, 0.4) is 0 Å². The number of rotatable bonds is 2. The Morgan fingerprint density at radius 3 is 2.27 bits per heavy atom. The Bertz CT molecular complexity index is 345. The zero-order valence-electron chi connectivity index (χ0n) is 8.60. The van der Waals surface area contributed by atoms with Gasteiger partial charge in [-0.3, -0.25) is 9.78 Å². The minimum atomic E-state index is -0.907. The highest BCUT2D eigenvalue weighted by atomic mass is 16.4. The summed E-state index contributed by atoms with van der Waals surface area (Å²) in [4.78, 5) is 23.5. The third-order valence-electron chi connectivity index (χ3n) is 1.46. The maximum atomic E-state index is 10.5. The van der Waals surface area contributed by atoms with Crippen LogP contribution in [0, 0.1) is 0 Å². The van der Waals surface area contributed by atoms with Crippen molar-refractivity contribution in [2.75, 3.05) is 0 Å². The van der Waals surface area contributed by atoms with Gasteiger partial charge in [0.15, 0.2) is 0 Å². The molecule has 2 N–H and O–H groups in total. The van der Waals surface area contributed by atoms with Crippen molar-refractivity contribution >= 4 is 11.9 Å². The highest BCUT2D eigenvalue weighted by Gasteiger charge is 2.07. The predicted molar refractivity (Wildman–Crippen MR) is 53.9 cm³/mol. The summed E-state index contributed by atoms with van der Waals surface area (Å²) < 4.78 is 0. The van der Waals surface area contributed by atoms with E-state index in [4.69, 9.17) is 15.0 Å². The standard InChI is InChI=1S/C8H9NO2.C2H4O2/c1-2-7-6(8(10)11)4-3-5-9-7;1-2(3)4/h3-5H,2H2,1H3,(H,10,11);1H3,(H,3,4). The molecule has 0 spiro atoms. The summed E-state index contributed by atoms with van der Waals surface area (Å²) in [7, 11) is 0. The first-order chi connectivity index (χ1) is 6.99. The minimum absolute atomic E-state index is 0.301. The van der Waals surface area contributed by atoms with E-state index in [1.165, 1.54) is 0 Å². The predicted octanol–water partition coefficient (Wildman–Crippen LogP) is 1.43. The molecule has 82 valence electrons. The average molecular weight is 211 g/mol. The van der Waals surface area contributed by atoms with Crippen LogP contribution in [0.4, 0.5) is 0 Å². The van der Waals surface area contributed by atoms with E-state index in [2.05, 4.69) is 4.98 Å². The van der Waals surface area contributed by atoms with E-state index in [1.54, 1.807) is 18.3 Å². The van der Waals surface area contributed by atoms with E-state index in [9.17, 15) is 4.79 Å². The van der Waals surface area contributed by atoms with Crippen molar-refractivity contribution in [3.63, 3.8) is 0 Å². The first-order valence-corrected chi connectivity index (χ1v) is 4.35.